The summed E-state index contributed by atoms with van der Waals surface area (Å²) >= 11 is 1.67. The normalized spacial score (nSPS) is 11.8. The summed E-state index contributed by atoms with van der Waals surface area (Å²) in [5.41, 5.74) is 6.47. The van der Waals surface area contributed by atoms with Crippen LogP contribution in [0.5, 0.6) is 11.5 Å². The van der Waals surface area contributed by atoms with Gasteiger partial charge in [-0.3, -0.25) is 4.79 Å². The molecular weight excluding hydrogens is 276 g/mol. The molecule has 112 valence electrons. The zero-order valence-electron chi connectivity index (χ0n) is 12.1. The van der Waals surface area contributed by atoms with Crippen molar-refractivity contribution in [3.63, 3.8) is 0 Å². The summed E-state index contributed by atoms with van der Waals surface area (Å²) in [6.07, 6.45) is 2.64. The summed E-state index contributed by atoms with van der Waals surface area (Å²) in [5, 5.41) is 2.79. The maximum Gasteiger partial charge on any atom is 0.241 e. The lowest BCUT2D eigenvalue weighted by Gasteiger charge is -2.14. The Morgan fingerprint density at radius 3 is 2.80 bits per heavy atom. The van der Waals surface area contributed by atoms with Gasteiger partial charge in [-0.1, -0.05) is 0 Å². The van der Waals surface area contributed by atoms with Crippen molar-refractivity contribution in [3.8, 4) is 11.5 Å². The number of carbonyl (C=O) groups is 1. The van der Waals surface area contributed by atoms with Crippen LogP contribution in [0.15, 0.2) is 18.2 Å². The standard InChI is InChI=1S/C14H22N2O3S/c1-4-19-12-6-5-10(9-13(12)18-2)16-14(17)11(15)7-8-20-3/h5-6,9,11H,4,7-8,15H2,1-3H3,(H,16,17)/t11-/m1/s1. The molecule has 5 nitrogen and oxygen atoms in total. The number of hydrogen-bond acceptors (Lipinski definition) is 5. The van der Waals surface area contributed by atoms with Crippen LogP contribution in [0.3, 0.4) is 0 Å². The quantitative estimate of drug-likeness (QED) is 0.769. The maximum absolute atomic E-state index is 11.9. The minimum Gasteiger partial charge on any atom is -0.493 e. The first-order chi connectivity index (χ1) is 9.62. The highest BCUT2D eigenvalue weighted by molar-refractivity contribution is 7.98. The molecule has 0 bridgehead atoms. The van der Waals surface area contributed by atoms with E-state index in [0.717, 1.165) is 5.75 Å². The Labute approximate surface area is 124 Å². The molecule has 0 aliphatic carbocycles. The van der Waals surface area contributed by atoms with E-state index < -0.39 is 6.04 Å². The van der Waals surface area contributed by atoms with Crippen LogP contribution in [0.2, 0.25) is 0 Å². The topological polar surface area (TPSA) is 73.6 Å². The highest BCUT2D eigenvalue weighted by atomic mass is 32.2. The van der Waals surface area contributed by atoms with E-state index >= 15 is 0 Å². The van der Waals surface area contributed by atoms with E-state index in [1.54, 1.807) is 37.1 Å². The Bertz CT molecular complexity index is 440. The molecule has 1 rings (SSSR count). The van der Waals surface area contributed by atoms with Crippen molar-refractivity contribution < 1.29 is 14.3 Å². The summed E-state index contributed by atoms with van der Waals surface area (Å²) in [6, 6.07) is 4.77. The summed E-state index contributed by atoms with van der Waals surface area (Å²) in [7, 11) is 1.56. The summed E-state index contributed by atoms with van der Waals surface area (Å²) in [6.45, 7) is 2.46. The van der Waals surface area contributed by atoms with Gasteiger partial charge >= 0.3 is 0 Å². The molecule has 0 unspecified atom stereocenters. The van der Waals surface area contributed by atoms with Gasteiger partial charge in [0, 0.05) is 11.8 Å². The first-order valence-corrected chi connectivity index (χ1v) is 7.88. The van der Waals surface area contributed by atoms with Gasteiger partial charge in [-0.05, 0) is 37.5 Å². The maximum atomic E-state index is 11.9. The molecule has 20 heavy (non-hydrogen) atoms. The van der Waals surface area contributed by atoms with Gasteiger partial charge in [-0.15, -0.1) is 0 Å². The van der Waals surface area contributed by atoms with Gasteiger partial charge in [0.1, 0.15) is 0 Å². The average Bonchev–Trinajstić information content (AvgIpc) is 2.46. The second-order valence-electron chi connectivity index (χ2n) is 4.18. The minimum atomic E-state index is -0.500. The van der Waals surface area contributed by atoms with Gasteiger partial charge in [0.2, 0.25) is 5.91 Å². The molecular formula is C14H22N2O3S. The van der Waals surface area contributed by atoms with E-state index in [9.17, 15) is 4.79 Å². The predicted octanol–water partition coefficient (Wildman–Crippen LogP) is 2.11. The largest absolute Gasteiger partial charge is 0.493 e. The molecule has 6 heteroatoms. The number of nitrogens with one attached hydrogen (secondary N) is 1. The van der Waals surface area contributed by atoms with Crippen LogP contribution in [-0.2, 0) is 4.79 Å². The van der Waals surface area contributed by atoms with Crippen LogP contribution in [0.1, 0.15) is 13.3 Å². The number of thioether (sulfide) groups is 1. The lowest BCUT2D eigenvalue weighted by atomic mass is 10.2. The fourth-order valence-electron chi connectivity index (χ4n) is 1.63. The first kappa shape index (κ1) is 16.7. The van der Waals surface area contributed by atoms with Crippen molar-refractivity contribution >= 4 is 23.4 Å². The molecule has 3 N–H and O–H groups in total. The lowest BCUT2D eigenvalue weighted by Crippen LogP contribution is -2.36. The molecule has 0 radical (unpaired) electrons. The molecule has 0 aromatic heterocycles. The van der Waals surface area contributed by atoms with Crippen molar-refractivity contribution in [1.82, 2.24) is 0 Å². The number of carbonyl (C=O) groups excluding carboxylic acids is 1. The Balaban J connectivity index is 2.70. The number of rotatable bonds is 8. The van der Waals surface area contributed by atoms with E-state index in [-0.39, 0.29) is 5.91 Å². The van der Waals surface area contributed by atoms with E-state index in [0.29, 0.717) is 30.2 Å². The van der Waals surface area contributed by atoms with Gasteiger partial charge in [0.25, 0.3) is 0 Å². The molecule has 0 aliphatic rings. The molecule has 0 aliphatic heterocycles. The van der Waals surface area contributed by atoms with Crippen LogP contribution in [0.25, 0.3) is 0 Å². The molecule has 0 fully saturated rings. The van der Waals surface area contributed by atoms with E-state index in [4.69, 9.17) is 15.2 Å². The zero-order chi connectivity index (χ0) is 15.0. The molecule has 0 saturated carbocycles. The summed E-state index contributed by atoms with van der Waals surface area (Å²) in [4.78, 5) is 11.9. The Kier molecular flexibility index (Phi) is 7.25. The number of ether oxygens (including phenoxy) is 2. The monoisotopic (exact) mass is 298 g/mol. The minimum absolute atomic E-state index is 0.190. The smallest absolute Gasteiger partial charge is 0.241 e. The average molecular weight is 298 g/mol. The fourth-order valence-corrected chi connectivity index (χ4v) is 2.12. The Morgan fingerprint density at radius 1 is 1.45 bits per heavy atom. The Hall–Kier alpha value is -1.40. The van der Waals surface area contributed by atoms with Gasteiger partial charge in [-0.2, -0.15) is 11.8 Å². The van der Waals surface area contributed by atoms with Crippen molar-refractivity contribution in [3.05, 3.63) is 18.2 Å². The first-order valence-electron chi connectivity index (χ1n) is 6.48. The SMILES string of the molecule is CCOc1ccc(NC(=O)[C@H](N)CCSC)cc1OC. The van der Waals surface area contributed by atoms with Crippen molar-refractivity contribution in [1.29, 1.82) is 0 Å². The highest BCUT2D eigenvalue weighted by Gasteiger charge is 2.14. The molecule has 1 atom stereocenters. The number of hydrogen-bond donors (Lipinski definition) is 2. The van der Waals surface area contributed by atoms with Crippen molar-refractivity contribution in [2.45, 2.75) is 19.4 Å². The van der Waals surface area contributed by atoms with Crippen LogP contribution in [-0.4, -0.2) is 37.7 Å². The van der Waals surface area contributed by atoms with Crippen molar-refractivity contribution in [2.24, 2.45) is 5.73 Å². The van der Waals surface area contributed by atoms with Crippen LogP contribution in [0.4, 0.5) is 5.69 Å². The second-order valence-corrected chi connectivity index (χ2v) is 5.16. The summed E-state index contributed by atoms with van der Waals surface area (Å²) in [5.74, 6) is 1.91. The van der Waals surface area contributed by atoms with Gasteiger partial charge in [0.15, 0.2) is 11.5 Å². The van der Waals surface area contributed by atoms with E-state index in [2.05, 4.69) is 5.32 Å². The van der Waals surface area contributed by atoms with E-state index in [1.165, 1.54) is 0 Å². The third kappa shape index (κ3) is 4.94. The van der Waals surface area contributed by atoms with Crippen LogP contribution < -0.4 is 20.5 Å². The molecule has 0 saturated heterocycles. The van der Waals surface area contributed by atoms with Gasteiger partial charge in [0.05, 0.1) is 19.8 Å². The third-order valence-electron chi connectivity index (χ3n) is 2.70. The molecule has 0 spiro atoms. The number of amides is 1. The molecule has 0 heterocycles. The third-order valence-corrected chi connectivity index (χ3v) is 3.34. The van der Waals surface area contributed by atoms with E-state index in [1.807, 2.05) is 13.2 Å². The highest BCUT2D eigenvalue weighted by Crippen LogP contribution is 2.30. The predicted molar refractivity (Wildman–Crippen MR) is 83.8 cm³/mol. The van der Waals surface area contributed by atoms with Gasteiger partial charge in [-0.25, -0.2) is 0 Å². The van der Waals surface area contributed by atoms with Crippen LogP contribution in [0, 0.1) is 0 Å². The number of benzene rings is 1. The van der Waals surface area contributed by atoms with Crippen molar-refractivity contribution in [2.75, 3.05) is 31.0 Å². The number of nitrogens with two attached hydrogens (primary N) is 1. The molecule has 1 amide bonds. The number of methoxy groups -OCH3 is 1. The van der Waals surface area contributed by atoms with Crippen LogP contribution >= 0.6 is 11.8 Å². The zero-order valence-corrected chi connectivity index (χ0v) is 13.0. The fraction of sp³-hybridized carbons (Fsp3) is 0.500. The number of anilines is 1. The molecule has 1 aromatic rings. The summed E-state index contributed by atoms with van der Waals surface area (Å²) < 4.78 is 10.7. The molecule has 1 aromatic carbocycles. The lowest BCUT2D eigenvalue weighted by molar-refractivity contribution is -0.117. The second kappa shape index (κ2) is 8.71. The Morgan fingerprint density at radius 2 is 2.20 bits per heavy atom. The van der Waals surface area contributed by atoms with Gasteiger partial charge < -0.3 is 20.5 Å².